The average molecular weight is 461 g/mol. The molecule has 2 N–H and O–H groups in total. The van der Waals surface area contributed by atoms with Gasteiger partial charge in [0.15, 0.2) is 17.1 Å². The molecule has 174 valence electrons. The molecule has 2 aromatic carbocycles. The van der Waals surface area contributed by atoms with Crippen LogP contribution in [-0.2, 0) is 15.0 Å². The number of aliphatic imine (C=N–C) groups is 1. The summed E-state index contributed by atoms with van der Waals surface area (Å²) < 4.78 is 33.1. The van der Waals surface area contributed by atoms with Crippen LogP contribution >= 0.6 is 0 Å². The molecule has 0 saturated carbocycles. The molecule has 6 rings (SSSR count). The van der Waals surface area contributed by atoms with Gasteiger partial charge in [-0.3, -0.25) is 9.97 Å². The highest BCUT2D eigenvalue weighted by atomic mass is 19.1. The van der Waals surface area contributed by atoms with Crippen molar-refractivity contribution in [3.8, 4) is 22.8 Å². The van der Waals surface area contributed by atoms with Gasteiger partial charge < -0.3 is 24.8 Å². The topological polar surface area (TPSA) is 95.1 Å². The number of fused-ring (bicyclic) bond motifs is 4. The van der Waals surface area contributed by atoms with E-state index in [2.05, 4.69) is 14.9 Å². The van der Waals surface area contributed by atoms with Crippen LogP contribution in [0.2, 0.25) is 0 Å². The van der Waals surface area contributed by atoms with Gasteiger partial charge in [-0.2, -0.15) is 0 Å². The van der Waals surface area contributed by atoms with Crippen LogP contribution in [-0.4, -0.2) is 47.9 Å². The van der Waals surface area contributed by atoms with Crippen molar-refractivity contribution < 1.29 is 18.6 Å². The van der Waals surface area contributed by atoms with Crippen molar-refractivity contribution in [2.24, 2.45) is 10.7 Å². The van der Waals surface area contributed by atoms with Crippen LogP contribution in [0.4, 0.5) is 10.1 Å². The van der Waals surface area contributed by atoms with E-state index in [4.69, 9.17) is 24.9 Å². The lowest BCUT2D eigenvalue weighted by molar-refractivity contribution is -0.00524. The first-order valence-electron chi connectivity index (χ1n) is 11.2. The summed E-state index contributed by atoms with van der Waals surface area (Å²) in [5, 5.41) is 0. The Hall–Kier alpha value is -3.72. The molecule has 3 aromatic rings. The largest absolute Gasteiger partial charge is 0.462 e. The number of nitrogens with two attached hydrogens (primary N) is 1. The van der Waals surface area contributed by atoms with E-state index in [-0.39, 0.29) is 30.6 Å². The number of aromatic nitrogens is 2. The third-order valence-corrected chi connectivity index (χ3v) is 6.48. The summed E-state index contributed by atoms with van der Waals surface area (Å²) in [6.45, 7) is 5.49. The summed E-state index contributed by atoms with van der Waals surface area (Å²) in [6, 6.07) is 9.12. The number of hydrogen-bond acceptors (Lipinski definition) is 8. The van der Waals surface area contributed by atoms with Gasteiger partial charge in [-0.25, -0.2) is 9.38 Å². The quantitative estimate of drug-likeness (QED) is 0.623. The maximum absolute atomic E-state index is 15.5. The Morgan fingerprint density at radius 1 is 1.09 bits per heavy atom. The molecule has 3 atom stereocenters. The van der Waals surface area contributed by atoms with E-state index >= 15 is 4.39 Å². The monoisotopic (exact) mass is 461 g/mol. The van der Waals surface area contributed by atoms with Gasteiger partial charge in [-0.1, -0.05) is 0 Å². The van der Waals surface area contributed by atoms with Crippen molar-refractivity contribution in [2.75, 3.05) is 24.6 Å². The summed E-state index contributed by atoms with van der Waals surface area (Å²) in [7, 11) is 0. The number of halogens is 1. The standard InChI is InChI=1S/C25H24FN5O3/c1-14-11-31(12-15(2)33-14)17-8-19-23(20(26)9-17)34-22-4-3-16(21-10-28-5-6-29-21)7-18(22)25(19)13-32-24(27)30-25/h3-10,14-15H,11-13H2,1-2H3,(H2,27,30)/t14-,15+,25?. The number of amidine groups is 1. The molecule has 9 heteroatoms. The lowest BCUT2D eigenvalue weighted by atomic mass is 9.80. The third kappa shape index (κ3) is 3.27. The normalized spacial score (nSPS) is 25.3. The smallest absolute Gasteiger partial charge is 0.283 e. The van der Waals surface area contributed by atoms with Gasteiger partial charge in [0.1, 0.15) is 12.4 Å². The Balaban J connectivity index is 1.52. The molecule has 1 fully saturated rings. The highest BCUT2D eigenvalue weighted by molar-refractivity contribution is 5.78. The van der Waals surface area contributed by atoms with E-state index in [1.807, 2.05) is 32.0 Å². The number of anilines is 1. The van der Waals surface area contributed by atoms with Crippen LogP contribution in [0.3, 0.4) is 0 Å². The summed E-state index contributed by atoms with van der Waals surface area (Å²) in [5.74, 6) is 0.186. The molecular formula is C25H24FN5O3. The molecule has 1 aromatic heterocycles. The number of nitrogens with zero attached hydrogens (tertiary/aromatic N) is 4. The second-order valence-corrected chi connectivity index (χ2v) is 8.97. The van der Waals surface area contributed by atoms with Crippen molar-refractivity contribution in [1.29, 1.82) is 0 Å². The first-order valence-corrected chi connectivity index (χ1v) is 11.2. The molecule has 8 nitrogen and oxygen atoms in total. The molecule has 4 heterocycles. The molecule has 0 bridgehead atoms. The predicted octanol–water partition coefficient (Wildman–Crippen LogP) is 3.59. The number of benzene rings is 2. The zero-order chi connectivity index (χ0) is 23.4. The summed E-state index contributed by atoms with van der Waals surface area (Å²) in [4.78, 5) is 15.4. The Labute approximate surface area is 196 Å². The Kier molecular flexibility index (Phi) is 4.70. The second kappa shape index (κ2) is 7.66. The van der Waals surface area contributed by atoms with Gasteiger partial charge >= 0.3 is 0 Å². The van der Waals surface area contributed by atoms with E-state index in [0.717, 1.165) is 16.8 Å². The molecule has 34 heavy (non-hydrogen) atoms. The van der Waals surface area contributed by atoms with Crippen LogP contribution in [0.15, 0.2) is 53.9 Å². The Morgan fingerprint density at radius 3 is 2.62 bits per heavy atom. The lowest BCUT2D eigenvalue weighted by Crippen LogP contribution is -2.45. The fourth-order valence-corrected chi connectivity index (χ4v) is 5.07. The van der Waals surface area contributed by atoms with Crippen molar-refractivity contribution in [1.82, 2.24) is 9.97 Å². The molecule has 0 radical (unpaired) electrons. The molecule has 1 saturated heterocycles. The Bertz CT molecular complexity index is 1290. The maximum Gasteiger partial charge on any atom is 0.283 e. The van der Waals surface area contributed by atoms with Crippen molar-refractivity contribution in [3.05, 3.63) is 65.9 Å². The highest BCUT2D eigenvalue weighted by Crippen LogP contribution is 2.53. The minimum atomic E-state index is -1.04. The molecule has 0 amide bonds. The average Bonchev–Trinajstić information content (AvgIpc) is 3.22. The molecule has 1 unspecified atom stereocenters. The SMILES string of the molecule is C[C@@H]1CN(c2cc(F)c3c(c2)C2(COC(N)=N2)c2cc(-c4cnccn4)ccc2O3)C[C@H](C)O1. The van der Waals surface area contributed by atoms with Gasteiger partial charge in [0.25, 0.3) is 6.02 Å². The van der Waals surface area contributed by atoms with Crippen molar-refractivity contribution in [2.45, 2.75) is 31.6 Å². The second-order valence-electron chi connectivity index (χ2n) is 8.97. The van der Waals surface area contributed by atoms with E-state index in [0.29, 0.717) is 30.1 Å². The van der Waals surface area contributed by atoms with E-state index in [1.165, 1.54) is 6.07 Å². The predicted molar refractivity (Wildman–Crippen MR) is 125 cm³/mol. The Morgan fingerprint density at radius 2 is 1.91 bits per heavy atom. The summed E-state index contributed by atoms with van der Waals surface area (Å²) in [6.07, 6.45) is 5.01. The zero-order valence-electron chi connectivity index (χ0n) is 18.9. The zero-order valence-corrected chi connectivity index (χ0v) is 18.9. The third-order valence-electron chi connectivity index (χ3n) is 6.48. The number of morpholine rings is 1. The van der Waals surface area contributed by atoms with Crippen LogP contribution in [0.25, 0.3) is 11.3 Å². The molecular weight excluding hydrogens is 437 g/mol. The maximum atomic E-state index is 15.5. The highest BCUT2D eigenvalue weighted by Gasteiger charge is 2.48. The number of rotatable bonds is 2. The van der Waals surface area contributed by atoms with E-state index < -0.39 is 11.4 Å². The molecule has 3 aliphatic heterocycles. The minimum absolute atomic E-state index is 0.0341. The van der Waals surface area contributed by atoms with Gasteiger partial charge in [0, 0.05) is 53.9 Å². The fraction of sp³-hybridized carbons (Fsp3) is 0.320. The minimum Gasteiger partial charge on any atom is -0.462 e. The molecule has 1 spiro atoms. The van der Waals surface area contributed by atoms with Crippen molar-refractivity contribution >= 4 is 11.7 Å². The van der Waals surface area contributed by atoms with Crippen LogP contribution in [0.5, 0.6) is 11.5 Å². The van der Waals surface area contributed by atoms with Crippen LogP contribution in [0.1, 0.15) is 25.0 Å². The lowest BCUT2D eigenvalue weighted by Gasteiger charge is -2.39. The van der Waals surface area contributed by atoms with E-state index in [9.17, 15) is 0 Å². The molecule has 0 aliphatic carbocycles. The van der Waals surface area contributed by atoms with Gasteiger partial charge in [0.05, 0.1) is 24.1 Å². The van der Waals surface area contributed by atoms with Gasteiger partial charge in [0.2, 0.25) is 0 Å². The molecule has 3 aliphatic rings. The number of hydrogen-bond donors (Lipinski definition) is 1. The van der Waals surface area contributed by atoms with Gasteiger partial charge in [-0.15, -0.1) is 0 Å². The van der Waals surface area contributed by atoms with Gasteiger partial charge in [-0.05, 0) is 38.1 Å². The summed E-state index contributed by atoms with van der Waals surface area (Å²) >= 11 is 0. The van der Waals surface area contributed by atoms with E-state index in [1.54, 1.807) is 24.7 Å². The fourth-order valence-electron chi connectivity index (χ4n) is 5.07. The van der Waals surface area contributed by atoms with Crippen LogP contribution < -0.4 is 15.4 Å². The van der Waals surface area contributed by atoms with Crippen LogP contribution in [0, 0.1) is 5.82 Å². The first kappa shape index (κ1) is 20.9. The summed E-state index contributed by atoms with van der Waals surface area (Å²) in [5.41, 5.74) is 8.58. The number of ether oxygens (including phenoxy) is 3. The van der Waals surface area contributed by atoms with Crippen molar-refractivity contribution in [3.63, 3.8) is 0 Å². The first-order chi connectivity index (χ1) is 16.4.